The van der Waals surface area contributed by atoms with Crippen LogP contribution in [0.15, 0.2) is 4.42 Å². The summed E-state index contributed by atoms with van der Waals surface area (Å²) in [7, 11) is 0. The van der Waals surface area contributed by atoms with Gasteiger partial charge in [-0.05, 0) is 26.3 Å². The van der Waals surface area contributed by atoms with Gasteiger partial charge in [0.25, 0.3) is 5.91 Å². The van der Waals surface area contributed by atoms with Crippen LogP contribution >= 0.6 is 0 Å². The van der Waals surface area contributed by atoms with E-state index in [0.717, 1.165) is 0 Å². The zero-order valence-electron chi connectivity index (χ0n) is 12.7. The minimum Gasteiger partial charge on any atom is -0.435 e. The lowest BCUT2D eigenvalue weighted by Crippen LogP contribution is -2.50. The number of carbonyl (C=O) groups is 1. The molecule has 0 saturated carbocycles. The third-order valence-corrected chi connectivity index (χ3v) is 3.59. The molecule has 1 aromatic rings. The topological polar surface area (TPSA) is 58.4 Å². The van der Waals surface area contributed by atoms with E-state index in [2.05, 4.69) is 10.3 Å². The molecule has 5 nitrogen and oxygen atoms in total. The van der Waals surface area contributed by atoms with Crippen molar-refractivity contribution in [1.29, 1.82) is 0 Å². The maximum absolute atomic E-state index is 12.4. The second-order valence-electron chi connectivity index (χ2n) is 5.54. The van der Waals surface area contributed by atoms with Crippen molar-refractivity contribution in [2.24, 2.45) is 0 Å². The Hall–Kier alpha value is -1.57. The van der Waals surface area contributed by atoms with Crippen molar-refractivity contribution in [3.8, 4) is 0 Å². The molecule has 0 radical (unpaired) electrons. The standard InChI is InChI=1S/C14H20F3N3O2/c1-3-11-18-9(2)12(22-11)13(21)19-10-5-4-6-20(7-10)8-14(15,16)17/h10H,3-8H2,1-2H3,(H,19,21). The number of carbonyl (C=O) groups excluding carboxylic acids is 1. The Kier molecular flexibility index (Phi) is 5.10. The molecule has 2 rings (SSSR count). The lowest BCUT2D eigenvalue weighted by atomic mass is 10.1. The van der Waals surface area contributed by atoms with Gasteiger partial charge in [0.1, 0.15) is 0 Å². The minimum absolute atomic E-state index is 0.143. The molecule has 8 heteroatoms. The van der Waals surface area contributed by atoms with Gasteiger partial charge < -0.3 is 9.73 Å². The number of likely N-dealkylation sites (tertiary alicyclic amines) is 1. The summed E-state index contributed by atoms with van der Waals surface area (Å²) < 4.78 is 42.7. The van der Waals surface area contributed by atoms with Gasteiger partial charge in [-0.3, -0.25) is 9.69 Å². The molecule has 0 spiro atoms. The van der Waals surface area contributed by atoms with Crippen molar-refractivity contribution < 1.29 is 22.4 Å². The van der Waals surface area contributed by atoms with E-state index >= 15 is 0 Å². The van der Waals surface area contributed by atoms with Gasteiger partial charge in [-0.2, -0.15) is 13.2 Å². The van der Waals surface area contributed by atoms with Crippen molar-refractivity contribution in [3.63, 3.8) is 0 Å². The number of oxazole rings is 1. The number of alkyl halides is 3. The van der Waals surface area contributed by atoms with Gasteiger partial charge in [0, 0.05) is 19.0 Å². The van der Waals surface area contributed by atoms with Crippen LogP contribution in [0.3, 0.4) is 0 Å². The number of hydrogen-bond acceptors (Lipinski definition) is 4. The normalized spacial score (nSPS) is 20.1. The van der Waals surface area contributed by atoms with E-state index in [1.54, 1.807) is 6.92 Å². The smallest absolute Gasteiger partial charge is 0.401 e. The molecule has 124 valence electrons. The number of halogens is 3. The van der Waals surface area contributed by atoms with Crippen LogP contribution in [-0.4, -0.2) is 47.6 Å². The van der Waals surface area contributed by atoms with Gasteiger partial charge in [-0.25, -0.2) is 4.98 Å². The number of aryl methyl sites for hydroxylation is 2. The Bertz CT molecular complexity index is 528. The third kappa shape index (κ3) is 4.46. The molecule has 1 aromatic heterocycles. The molecular weight excluding hydrogens is 299 g/mol. The van der Waals surface area contributed by atoms with E-state index in [0.29, 0.717) is 37.4 Å². The van der Waals surface area contributed by atoms with Gasteiger partial charge in [0.15, 0.2) is 5.89 Å². The first-order chi connectivity index (χ1) is 10.3. The Morgan fingerprint density at radius 3 is 2.82 bits per heavy atom. The molecule has 1 aliphatic heterocycles. The fraction of sp³-hybridized carbons (Fsp3) is 0.714. The summed E-state index contributed by atoms with van der Waals surface area (Å²) in [5.74, 6) is 0.207. The third-order valence-electron chi connectivity index (χ3n) is 3.59. The number of piperidine rings is 1. The van der Waals surface area contributed by atoms with Crippen LogP contribution in [0.1, 0.15) is 41.9 Å². The van der Waals surface area contributed by atoms with Crippen molar-refractivity contribution in [2.45, 2.75) is 45.3 Å². The molecule has 1 atom stereocenters. The Labute approximate surface area is 126 Å². The Balaban J connectivity index is 1.94. The average molecular weight is 319 g/mol. The lowest BCUT2D eigenvalue weighted by molar-refractivity contribution is -0.148. The highest BCUT2D eigenvalue weighted by Crippen LogP contribution is 2.20. The van der Waals surface area contributed by atoms with Crippen molar-refractivity contribution in [3.05, 3.63) is 17.3 Å². The summed E-state index contributed by atoms with van der Waals surface area (Å²) in [4.78, 5) is 17.6. The van der Waals surface area contributed by atoms with Crippen LogP contribution < -0.4 is 5.32 Å². The lowest BCUT2D eigenvalue weighted by Gasteiger charge is -2.33. The van der Waals surface area contributed by atoms with Gasteiger partial charge in [0.05, 0.1) is 12.2 Å². The summed E-state index contributed by atoms with van der Waals surface area (Å²) in [5, 5.41) is 2.75. The highest BCUT2D eigenvalue weighted by atomic mass is 19.4. The molecule has 0 aromatic carbocycles. The Morgan fingerprint density at radius 2 is 2.23 bits per heavy atom. The fourth-order valence-corrected chi connectivity index (χ4v) is 2.64. The molecule has 2 heterocycles. The summed E-state index contributed by atoms with van der Waals surface area (Å²) in [6, 6.07) is -0.307. The van der Waals surface area contributed by atoms with Gasteiger partial charge in [-0.15, -0.1) is 0 Å². The molecule has 1 saturated heterocycles. The summed E-state index contributed by atoms with van der Waals surface area (Å²) in [6.45, 7) is 3.18. The van der Waals surface area contributed by atoms with Crippen LogP contribution in [0.5, 0.6) is 0 Å². The number of aromatic nitrogens is 1. The largest absolute Gasteiger partial charge is 0.435 e. The van der Waals surface area contributed by atoms with E-state index in [1.807, 2.05) is 6.92 Å². The van der Waals surface area contributed by atoms with Crippen molar-refractivity contribution in [1.82, 2.24) is 15.2 Å². The number of hydrogen-bond donors (Lipinski definition) is 1. The SMILES string of the molecule is CCc1nc(C)c(C(=O)NC2CCCN(CC(F)(F)F)C2)o1. The molecule has 1 amide bonds. The molecule has 1 unspecified atom stereocenters. The number of amides is 1. The quantitative estimate of drug-likeness (QED) is 0.925. The molecule has 0 aliphatic carbocycles. The highest BCUT2D eigenvalue weighted by molar-refractivity contribution is 5.92. The van der Waals surface area contributed by atoms with Crippen molar-refractivity contribution in [2.75, 3.05) is 19.6 Å². The van der Waals surface area contributed by atoms with E-state index in [4.69, 9.17) is 4.42 Å². The number of nitrogens with one attached hydrogen (secondary N) is 1. The fourth-order valence-electron chi connectivity index (χ4n) is 2.64. The molecule has 0 bridgehead atoms. The first kappa shape index (κ1) is 16.8. The number of rotatable bonds is 4. The van der Waals surface area contributed by atoms with Crippen LogP contribution in [0.4, 0.5) is 13.2 Å². The van der Waals surface area contributed by atoms with E-state index < -0.39 is 18.6 Å². The molecule has 1 N–H and O–H groups in total. The van der Waals surface area contributed by atoms with Crippen LogP contribution in [0.2, 0.25) is 0 Å². The second-order valence-corrected chi connectivity index (χ2v) is 5.54. The first-order valence-corrected chi connectivity index (χ1v) is 7.34. The Morgan fingerprint density at radius 1 is 1.50 bits per heavy atom. The van der Waals surface area contributed by atoms with Gasteiger partial charge in [0.2, 0.25) is 5.76 Å². The van der Waals surface area contributed by atoms with Crippen molar-refractivity contribution >= 4 is 5.91 Å². The second kappa shape index (κ2) is 6.68. The number of nitrogens with zero attached hydrogens (tertiary/aromatic N) is 2. The minimum atomic E-state index is -4.22. The van der Waals surface area contributed by atoms with E-state index in [9.17, 15) is 18.0 Å². The van der Waals surface area contributed by atoms with Gasteiger partial charge in [-0.1, -0.05) is 6.92 Å². The average Bonchev–Trinajstić information content (AvgIpc) is 2.78. The van der Waals surface area contributed by atoms with E-state index in [-0.39, 0.29) is 18.3 Å². The molecular formula is C14H20F3N3O2. The summed E-state index contributed by atoms with van der Waals surface area (Å²) in [5.41, 5.74) is 0.498. The summed E-state index contributed by atoms with van der Waals surface area (Å²) in [6.07, 6.45) is -2.36. The predicted molar refractivity (Wildman–Crippen MR) is 73.6 cm³/mol. The van der Waals surface area contributed by atoms with E-state index in [1.165, 1.54) is 4.90 Å². The van der Waals surface area contributed by atoms with Crippen LogP contribution in [0.25, 0.3) is 0 Å². The summed E-state index contributed by atoms with van der Waals surface area (Å²) >= 11 is 0. The molecule has 1 aliphatic rings. The monoisotopic (exact) mass is 319 g/mol. The zero-order chi connectivity index (χ0) is 16.3. The van der Waals surface area contributed by atoms with Gasteiger partial charge >= 0.3 is 6.18 Å². The first-order valence-electron chi connectivity index (χ1n) is 7.34. The van der Waals surface area contributed by atoms with Crippen LogP contribution in [0, 0.1) is 6.92 Å². The van der Waals surface area contributed by atoms with Crippen LogP contribution in [-0.2, 0) is 6.42 Å². The zero-order valence-corrected chi connectivity index (χ0v) is 12.7. The molecule has 22 heavy (non-hydrogen) atoms. The highest BCUT2D eigenvalue weighted by Gasteiger charge is 2.33. The molecule has 1 fully saturated rings. The maximum atomic E-state index is 12.4. The maximum Gasteiger partial charge on any atom is 0.401 e. The predicted octanol–water partition coefficient (Wildman–Crippen LogP) is 2.30.